The fourth-order valence-electron chi connectivity index (χ4n) is 2.38. The summed E-state index contributed by atoms with van der Waals surface area (Å²) in [4.78, 5) is 4.56. The first-order chi connectivity index (χ1) is 12.8. The number of nitrogens with one attached hydrogen (secondary N) is 1. The van der Waals surface area contributed by atoms with Gasteiger partial charge >= 0.3 is 0 Å². The molecule has 0 saturated carbocycles. The van der Waals surface area contributed by atoms with Gasteiger partial charge in [0.1, 0.15) is 0 Å². The number of hydrazone groups is 1. The topological polar surface area (TPSA) is 55.7 Å². The Morgan fingerprint density at radius 2 is 2.00 bits per heavy atom. The number of methoxy groups -OCH3 is 1. The minimum atomic E-state index is 0.627. The third-order valence-corrected chi connectivity index (χ3v) is 4.36. The molecule has 6 heteroatoms. The van der Waals surface area contributed by atoms with E-state index in [-0.39, 0.29) is 0 Å². The molecule has 0 aliphatic carbocycles. The van der Waals surface area contributed by atoms with Crippen LogP contribution in [0.3, 0.4) is 0 Å². The number of ether oxygens (including phenoxy) is 2. The quantitative estimate of drug-likeness (QED) is 0.447. The molecule has 134 valence electrons. The Bertz CT molecular complexity index is 863. The molecule has 1 heterocycles. The van der Waals surface area contributed by atoms with Crippen molar-refractivity contribution in [1.29, 1.82) is 0 Å². The number of para-hydroxylation sites is 1. The molecule has 0 fully saturated rings. The van der Waals surface area contributed by atoms with Gasteiger partial charge in [-0.25, -0.2) is 4.98 Å². The van der Waals surface area contributed by atoms with Crippen LogP contribution in [0.5, 0.6) is 11.5 Å². The van der Waals surface area contributed by atoms with Gasteiger partial charge in [-0.1, -0.05) is 43.3 Å². The Morgan fingerprint density at radius 3 is 2.77 bits per heavy atom. The van der Waals surface area contributed by atoms with Crippen molar-refractivity contribution in [3.05, 3.63) is 59.5 Å². The molecule has 0 amide bonds. The highest BCUT2D eigenvalue weighted by atomic mass is 32.1. The van der Waals surface area contributed by atoms with Crippen LogP contribution in [-0.2, 0) is 0 Å². The molecular weight excluding hydrogens is 346 g/mol. The molecule has 0 aliphatic rings. The monoisotopic (exact) mass is 367 g/mol. The zero-order valence-electron chi connectivity index (χ0n) is 14.8. The summed E-state index contributed by atoms with van der Waals surface area (Å²) in [5.74, 6) is 1.40. The third-order valence-electron chi connectivity index (χ3n) is 3.62. The van der Waals surface area contributed by atoms with Crippen molar-refractivity contribution in [3.63, 3.8) is 0 Å². The fourth-order valence-corrected chi connectivity index (χ4v) is 3.05. The van der Waals surface area contributed by atoms with Gasteiger partial charge < -0.3 is 9.47 Å². The minimum Gasteiger partial charge on any atom is -0.493 e. The van der Waals surface area contributed by atoms with Crippen LogP contribution in [0.1, 0.15) is 18.9 Å². The van der Waals surface area contributed by atoms with Crippen molar-refractivity contribution in [3.8, 4) is 22.8 Å². The second kappa shape index (κ2) is 9.01. The SMILES string of the molecule is CCCOc1c(C=NNc2nc(-c3ccccc3)cs2)cccc1OC. The molecule has 1 N–H and O–H groups in total. The summed E-state index contributed by atoms with van der Waals surface area (Å²) in [7, 11) is 1.63. The van der Waals surface area contributed by atoms with E-state index in [1.165, 1.54) is 11.3 Å². The van der Waals surface area contributed by atoms with E-state index in [2.05, 4.69) is 22.4 Å². The predicted octanol–water partition coefficient (Wildman–Crippen LogP) is 5.05. The van der Waals surface area contributed by atoms with E-state index in [0.29, 0.717) is 18.1 Å². The number of nitrogens with zero attached hydrogens (tertiary/aromatic N) is 2. The highest BCUT2D eigenvalue weighted by Gasteiger charge is 2.09. The van der Waals surface area contributed by atoms with Crippen LogP contribution < -0.4 is 14.9 Å². The van der Waals surface area contributed by atoms with E-state index >= 15 is 0 Å². The number of anilines is 1. The molecule has 0 saturated heterocycles. The highest BCUT2D eigenvalue weighted by Crippen LogP contribution is 2.30. The van der Waals surface area contributed by atoms with Crippen molar-refractivity contribution >= 4 is 22.7 Å². The first-order valence-corrected chi connectivity index (χ1v) is 9.29. The molecule has 2 aromatic carbocycles. The summed E-state index contributed by atoms with van der Waals surface area (Å²) in [5.41, 5.74) is 5.86. The summed E-state index contributed by atoms with van der Waals surface area (Å²) < 4.78 is 11.2. The molecule has 3 rings (SSSR count). The predicted molar refractivity (Wildman–Crippen MR) is 108 cm³/mol. The molecule has 0 bridgehead atoms. The Hall–Kier alpha value is -2.86. The van der Waals surface area contributed by atoms with Crippen LogP contribution in [0, 0.1) is 0 Å². The Kier molecular flexibility index (Phi) is 6.22. The third kappa shape index (κ3) is 4.40. The van der Waals surface area contributed by atoms with Gasteiger partial charge in [0.2, 0.25) is 5.13 Å². The lowest BCUT2D eigenvalue weighted by molar-refractivity contribution is 0.294. The summed E-state index contributed by atoms with van der Waals surface area (Å²) >= 11 is 1.51. The number of thiazole rings is 1. The largest absolute Gasteiger partial charge is 0.493 e. The summed E-state index contributed by atoms with van der Waals surface area (Å²) in [5, 5.41) is 7.04. The molecule has 1 aromatic heterocycles. The van der Waals surface area contributed by atoms with Crippen LogP contribution in [0.4, 0.5) is 5.13 Å². The zero-order chi connectivity index (χ0) is 18.2. The molecule has 3 aromatic rings. The van der Waals surface area contributed by atoms with Crippen molar-refractivity contribution < 1.29 is 9.47 Å². The molecular formula is C20H21N3O2S. The Balaban J connectivity index is 1.72. The first kappa shape index (κ1) is 17.9. The first-order valence-electron chi connectivity index (χ1n) is 8.41. The maximum absolute atomic E-state index is 5.82. The normalized spacial score (nSPS) is 10.8. The lowest BCUT2D eigenvalue weighted by Crippen LogP contribution is -2.01. The van der Waals surface area contributed by atoms with E-state index in [0.717, 1.165) is 28.4 Å². The average Bonchev–Trinajstić information content (AvgIpc) is 3.16. The molecule has 0 spiro atoms. The van der Waals surface area contributed by atoms with Crippen molar-refractivity contribution in [2.24, 2.45) is 5.10 Å². The van der Waals surface area contributed by atoms with E-state index in [1.807, 2.05) is 53.9 Å². The van der Waals surface area contributed by atoms with Gasteiger partial charge in [-0.15, -0.1) is 11.3 Å². The molecule has 5 nitrogen and oxygen atoms in total. The Morgan fingerprint density at radius 1 is 1.15 bits per heavy atom. The van der Waals surface area contributed by atoms with Gasteiger partial charge in [-0.3, -0.25) is 5.43 Å². The maximum atomic E-state index is 5.82. The van der Waals surface area contributed by atoms with Crippen LogP contribution in [0.25, 0.3) is 11.3 Å². The van der Waals surface area contributed by atoms with E-state index in [1.54, 1.807) is 13.3 Å². The van der Waals surface area contributed by atoms with Gasteiger partial charge in [-0.05, 0) is 18.6 Å². The number of aromatic nitrogens is 1. The van der Waals surface area contributed by atoms with E-state index in [4.69, 9.17) is 9.47 Å². The van der Waals surface area contributed by atoms with Crippen molar-refractivity contribution in [2.75, 3.05) is 19.1 Å². The fraction of sp³-hybridized carbons (Fsp3) is 0.200. The second-order valence-corrected chi connectivity index (χ2v) is 6.36. The summed E-state index contributed by atoms with van der Waals surface area (Å²) in [6.07, 6.45) is 2.64. The zero-order valence-corrected chi connectivity index (χ0v) is 15.6. The highest BCUT2D eigenvalue weighted by molar-refractivity contribution is 7.14. The van der Waals surface area contributed by atoms with Gasteiger partial charge in [0.05, 0.1) is 25.6 Å². The number of hydrogen-bond donors (Lipinski definition) is 1. The van der Waals surface area contributed by atoms with Gasteiger partial charge in [0.25, 0.3) is 0 Å². The van der Waals surface area contributed by atoms with Gasteiger partial charge in [0.15, 0.2) is 11.5 Å². The standard InChI is InChI=1S/C20H21N3O2S/c1-3-12-25-19-16(10-7-11-18(19)24-2)13-21-23-20-22-17(14-26-20)15-8-5-4-6-9-15/h4-11,13-14H,3,12H2,1-2H3,(H,22,23). The molecule has 26 heavy (non-hydrogen) atoms. The van der Waals surface area contributed by atoms with Crippen LogP contribution >= 0.6 is 11.3 Å². The van der Waals surface area contributed by atoms with Crippen molar-refractivity contribution in [2.45, 2.75) is 13.3 Å². The summed E-state index contributed by atoms with van der Waals surface area (Å²) in [6, 6.07) is 15.8. The van der Waals surface area contributed by atoms with Crippen LogP contribution in [-0.4, -0.2) is 24.9 Å². The Labute approximate surface area is 157 Å². The van der Waals surface area contributed by atoms with Gasteiger partial charge in [0, 0.05) is 16.5 Å². The molecule has 0 unspecified atom stereocenters. The second-order valence-electron chi connectivity index (χ2n) is 5.50. The van der Waals surface area contributed by atoms with E-state index in [9.17, 15) is 0 Å². The maximum Gasteiger partial charge on any atom is 0.203 e. The van der Waals surface area contributed by atoms with Gasteiger partial charge in [-0.2, -0.15) is 5.10 Å². The lowest BCUT2D eigenvalue weighted by Gasteiger charge is -2.12. The summed E-state index contributed by atoms with van der Waals surface area (Å²) in [6.45, 7) is 2.69. The lowest BCUT2D eigenvalue weighted by atomic mass is 10.2. The van der Waals surface area contributed by atoms with E-state index < -0.39 is 0 Å². The number of rotatable bonds is 8. The number of hydrogen-bond acceptors (Lipinski definition) is 6. The number of benzene rings is 2. The van der Waals surface area contributed by atoms with Crippen LogP contribution in [0.15, 0.2) is 59.0 Å². The smallest absolute Gasteiger partial charge is 0.203 e. The molecule has 0 aliphatic heterocycles. The minimum absolute atomic E-state index is 0.627. The average molecular weight is 367 g/mol. The molecule has 0 radical (unpaired) electrons. The molecule has 0 atom stereocenters. The van der Waals surface area contributed by atoms with Crippen LogP contribution in [0.2, 0.25) is 0 Å². The van der Waals surface area contributed by atoms with Crippen molar-refractivity contribution in [1.82, 2.24) is 4.98 Å².